The number of pyridine rings is 1. The Morgan fingerprint density at radius 2 is 2.18 bits per heavy atom. The van der Waals surface area contributed by atoms with Crippen LogP contribution in [0.15, 0.2) is 6.07 Å². The average Bonchev–Trinajstić information content (AvgIpc) is 1.96. The quantitative estimate of drug-likeness (QED) is 0.555. The lowest BCUT2D eigenvalue weighted by atomic mass is 10.1. The topological polar surface area (TPSA) is 36.7 Å². The third-order valence-electron chi connectivity index (χ3n) is 1.61. The third kappa shape index (κ3) is 1.50. The van der Waals surface area contributed by atoms with Gasteiger partial charge in [-0.15, -0.1) is 0 Å². The summed E-state index contributed by atoms with van der Waals surface area (Å²) in [6.07, 6.45) is 0. The number of nitriles is 1. The molecule has 0 fully saturated rings. The Balaban J connectivity index is 3.39. The Morgan fingerprint density at radius 1 is 1.55 bits per heavy atom. The Bertz CT molecular complexity index is 326. The fourth-order valence-corrected chi connectivity index (χ4v) is 1.05. The molecule has 0 atom stereocenters. The highest BCUT2D eigenvalue weighted by atomic mass is 35.5. The highest BCUT2D eigenvalue weighted by Gasteiger charge is 2.02. The second-order valence-corrected chi connectivity index (χ2v) is 2.73. The summed E-state index contributed by atoms with van der Waals surface area (Å²) < 4.78 is 0. The normalized spacial score (nSPS) is 9.27. The largest absolute Gasteiger partial charge is 0.225 e. The molecule has 0 aliphatic rings. The maximum absolute atomic E-state index is 8.60. The van der Waals surface area contributed by atoms with Crippen molar-refractivity contribution in [3.8, 4) is 6.07 Å². The molecule has 1 aromatic heterocycles. The Kier molecular flexibility index (Phi) is 2.11. The van der Waals surface area contributed by atoms with Gasteiger partial charge in [-0.25, -0.2) is 4.98 Å². The van der Waals surface area contributed by atoms with Gasteiger partial charge in [0.2, 0.25) is 0 Å². The van der Waals surface area contributed by atoms with Crippen LogP contribution in [0.5, 0.6) is 0 Å². The van der Waals surface area contributed by atoms with Gasteiger partial charge in [0.25, 0.3) is 0 Å². The summed E-state index contributed by atoms with van der Waals surface area (Å²) in [6, 6.07) is 3.73. The first kappa shape index (κ1) is 8.03. The van der Waals surface area contributed by atoms with E-state index in [0.717, 1.165) is 11.1 Å². The molecule has 0 unspecified atom stereocenters. The molecule has 0 saturated carbocycles. The zero-order valence-electron chi connectivity index (χ0n) is 6.35. The molecule has 0 N–H and O–H groups in total. The minimum absolute atomic E-state index is 0.379. The molecule has 1 aromatic rings. The van der Waals surface area contributed by atoms with Crippen molar-refractivity contribution in [3.05, 3.63) is 28.0 Å². The van der Waals surface area contributed by atoms with Crippen LogP contribution in [0.4, 0.5) is 0 Å². The van der Waals surface area contributed by atoms with Crippen molar-refractivity contribution in [2.24, 2.45) is 0 Å². The van der Waals surface area contributed by atoms with E-state index in [1.54, 1.807) is 6.07 Å². The Hall–Kier alpha value is -1.07. The summed E-state index contributed by atoms with van der Waals surface area (Å²) in [5, 5.41) is 8.98. The van der Waals surface area contributed by atoms with Crippen LogP contribution >= 0.6 is 11.6 Å². The summed E-state index contributed by atoms with van der Waals surface area (Å²) in [5.41, 5.74) is 2.31. The molecule has 11 heavy (non-hydrogen) atoms. The molecule has 0 aliphatic heterocycles. The van der Waals surface area contributed by atoms with Gasteiger partial charge in [0.15, 0.2) is 0 Å². The van der Waals surface area contributed by atoms with Crippen LogP contribution < -0.4 is 0 Å². The summed E-state index contributed by atoms with van der Waals surface area (Å²) in [6.45, 7) is 3.76. The summed E-state index contributed by atoms with van der Waals surface area (Å²) >= 11 is 5.64. The minimum atomic E-state index is 0.379. The van der Waals surface area contributed by atoms with Crippen LogP contribution in [-0.4, -0.2) is 4.98 Å². The number of aromatic nitrogens is 1. The lowest BCUT2D eigenvalue weighted by Crippen LogP contribution is -1.91. The van der Waals surface area contributed by atoms with Crippen molar-refractivity contribution in [1.82, 2.24) is 4.98 Å². The van der Waals surface area contributed by atoms with Gasteiger partial charge in [-0.3, -0.25) is 0 Å². The molecule has 56 valence electrons. The van der Waals surface area contributed by atoms with Gasteiger partial charge in [-0.05, 0) is 31.0 Å². The molecule has 0 aliphatic carbocycles. The smallest absolute Gasteiger partial charge is 0.145 e. The highest BCUT2D eigenvalue weighted by molar-refractivity contribution is 6.29. The molecule has 1 rings (SSSR count). The van der Waals surface area contributed by atoms with Crippen molar-refractivity contribution in [2.45, 2.75) is 13.8 Å². The maximum atomic E-state index is 8.60. The molecule has 0 spiro atoms. The molecule has 3 heteroatoms. The molecule has 0 bridgehead atoms. The van der Waals surface area contributed by atoms with E-state index in [0.29, 0.717) is 10.8 Å². The molecule has 2 nitrogen and oxygen atoms in total. The van der Waals surface area contributed by atoms with E-state index < -0.39 is 0 Å². The molecular formula is C8H7ClN2. The first-order chi connectivity index (χ1) is 5.15. The van der Waals surface area contributed by atoms with Crippen LogP contribution in [0.2, 0.25) is 5.15 Å². The van der Waals surface area contributed by atoms with Gasteiger partial charge in [0.1, 0.15) is 16.9 Å². The van der Waals surface area contributed by atoms with Crippen molar-refractivity contribution < 1.29 is 0 Å². The van der Waals surface area contributed by atoms with E-state index in [2.05, 4.69) is 4.98 Å². The van der Waals surface area contributed by atoms with E-state index in [9.17, 15) is 0 Å². The molecule has 0 radical (unpaired) electrons. The van der Waals surface area contributed by atoms with Crippen LogP contribution in [-0.2, 0) is 0 Å². The van der Waals surface area contributed by atoms with Gasteiger partial charge in [0, 0.05) is 0 Å². The van der Waals surface area contributed by atoms with Crippen molar-refractivity contribution in [1.29, 1.82) is 5.26 Å². The first-order valence-corrected chi connectivity index (χ1v) is 3.57. The number of aryl methyl sites for hydroxylation is 1. The van der Waals surface area contributed by atoms with Crippen molar-refractivity contribution in [2.75, 3.05) is 0 Å². The van der Waals surface area contributed by atoms with E-state index in [-0.39, 0.29) is 0 Å². The molecule has 1 heterocycles. The fourth-order valence-electron chi connectivity index (χ4n) is 0.805. The van der Waals surface area contributed by atoms with E-state index in [1.165, 1.54) is 0 Å². The van der Waals surface area contributed by atoms with Crippen LogP contribution in [0, 0.1) is 25.2 Å². The summed E-state index contributed by atoms with van der Waals surface area (Å²) in [7, 11) is 0. The van der Waals surface area contributed by atoms with Crippen LogP contribution in [0.25, 0.3) is 0 Å². The number of halogens is 1. The lowest BCUT2D eigenvalue weighted by Gasteiger charge is -2.00. The zero-order valence-corrected chi connectivity index (χ0v) is 7.11. The van der Waals surface area contributed by atoms with E-state index >= 15 is 0 Å². The first-order valence-electron chi connectivity index (χ1n) is 3.19. The number of rotatable bonds is 0. The van der Waals surface area contributed by atoms with Crippen LogP contribution in [0.1, 0.15) is 16.8 Å². The predicted octanol–water partition coefficient (Wildman–Crippen LogP) is 2.22. The highest BCUT2D eigenvalue weighted by Crippen LogP contribution is 2.14. The molecule has 0 amide bonds. The number of nitrogens with zero attached hydrogens (tertiary/aromatic N) is 2. The second kappa shape index (κ2) is 2.89. The number of hydrogen-bond acceptors (Lipinski definition) is 2. The number of hydrogen-bond donors (Lipinski definition) is 0. The Labute approximate surface area is 70.4 Å². The standard InChI is InChI=1S/C8H7ClN2/c1-5-3-8(9)11-7(4-10)6(5)2/h3H,1-2H3. The van der Waals surface area contributed by atoms with Gasteiger partial charge >= 0.3 is 0 Å². The maximum Gasteiger partial charge on any atom is 0.145 e. The average molecular weight is 167 g/mol. The van der Waals surface area contributed by atoms with Crippen LogP contribution in [0.3, 0.4) is 0 Å². The van der Waals surface area contributed by atoms with Gasteiger partial charge in [0.05, 0.1) is 0 Å². The lowest BCUT2D eigenvalue weighted by molar-refractivity contribution is 1.17. The summed E-state index contributed by atoms with van der Waals surface area (Å²) in [4.78, 5) is 3.86. The molecular weight excluding hydrogens is 160 g/mol. The fraction of sp³-hybridized carbons (Fsp3) is 0.250. The van der Waals surface area contributed by atoms with E-state index in [4.69, 9.17) is 16.9 Å². The monoisotopic (exact) mass is 166 g/mol. The van der Waals surface area contributed by atoms with Gasteiger partial charge < -0.3 is 0 Å². The Morgan fingerprint density at radius 3 is 2.73 bits per heavy atom. The minimum Gasteiger partial charge on any atom is -0.225 e. The second-order valence-electron chi connectivity index (χ2n) is 2.35. The van der Waals surface area contributed by atoms with Crippen molar-refractivity contribution >= 4 is 11.6 Å². The summed E-state index contributed by atoms with van der Waals surface area (Å²) in [5.74, 6) is 0. The predicted molar refractivity (Wildman–Crippen MR) is 43.4 cm³/mol. The third-order valence-corrected chi connectivity index (χ3v) is 1.80. The molecule has 0 aromatic carbocycles. The van der Waals surface area contributed by atoms with Gasteiger partial charge in [-0.1, -0.05) is 11.6 Å². The van der Waals surface area contributed by atoms with E-state index in [1.807, 2.05) is 19.9 Å². The SMILES string of the molecule is Cc1cc(Cl)nc(C#N)c1C. The molecule has 0 saturated heterocycles. The zero-order chi connectivity index (χ0) is 8.43. The van der Waals surface area contributed by atoms with Crippen molar-refractivity contribution in [3.63, 3.8) is 0 Å². The van der Waals surface area contributed by atoms with Gasteiger partial charge in [-0.2, -0.15) is 5.26 Å².